The summed E-state index contributed by atoms with van der Waals surface area (Å²) in [4.78, 5) is 4.26. The van der Waals surface area contributed by atoms with Crippen molar-refractivity contribution in [3.8, 4) is 0 Å². The fourth-order valence-electron chi connectivity index (χ4n) is 2.45. The van der Waals surface area contributed by atoms with Crippen LogP contribution in [0.4, 0.5) is 0 Å². The maximum absolute atomic E-state index is 4.57. The van der Waals surface area contributed by atoms with Crippen LogP contribution in [0.1, 0.15) is 43.3 Å². The highest BCUT2D eigenvalue weighted by molar-refractivity contribution is 9.10. The summed E-state index contributed by atoms with van der Waals surface area (Å²) in [6, 6.07) is 4.60. The van der Waals surface area contributed by atoms with Crippen LogP contribution in [0.5, 0.6) is 0 Å². The van der Waals surface area contributed by atoms with Crippen molar-refractivity contribution in [3.63, 3.8) is 0 Å². The molecule has 0 amide bonds. The second-order valence-corrected chi connectivity index (χ2v) is 6.18. The largest absolute Gasteiger partial charge is 0.308 e. The molecule has 0 spiro atoms. The highest BCUT2D eigenvalue weighted by Gasteiger charge is 2.17. The van der Waals surface area contributed by atoms with E-state index in [1.807, 2.05) is 24.1 Å². The van der Waals surface area contributed by atoms with Gasteiger partial charge < -0.3 is 5.32 Å². The molecule has 2 heterocycles. The van der Waals surface area contributed by atoms with Gasteiger partial charge in [-0.2, -0.15) is 5.10 Å². The van der Waals surface area contributed by atoms with Crippen molar-refractivity contribution in [1.29, 1.82) is 0 Å². The van der Waals surface area contributed by atoms with E-state index in [1.165, 1.54) is 11.3 Å². The predicted molar refractivity (Wildman–Crippen MR) is 89.3 cm³/mol. The van der Waals surface area contributed by atoms with Gasteiger partial charge in [0.25, 0.3) is 0 Å². The van der Waals surface area contributed by atoms with Crippen molar-refractivity contribution in [1.82, 2.24) is 20.1 Å². The van der Waals surface area contributed by atoms with Gasteiger partial charge in [0.1, 0.15) is 0 Å². The van der Waals surface area contributed by atoms with E-state index in [0.29, 0.717) is 0 Å². The van der Waals surface area contributed by atoms with Gasteiger partial charge in [0.15, 0.2) is 0 Å². The number of rotatable bonds is 7. The molecule has 1 unspecified atom stereocenters. The van der Waals surface area contributed by atoms with E-state index in [1.54, 1.807) is 0 Å². The normalized spacial score (nSPS) is 12.6. The van der Waals surface area contributed by atoms with Crippen molar-refractivity contribution >= 4 is 15.9 Å². The Morgan fingerprint density at radius 1 is 1.29 bits per heavy atom. The Morgan fingerprint density at radius 3 is 2.71 bits per heavy atom. The molecule has 0 bridgehead atoms. The zero-order valence-corrected chi connectivity index (χ0v) is 14.5. The van der Waals surface area contributed by atoms with Crippen LogP contribution in [-0.4, -0.2) is 21.3 Å². The first kappa shape index (κ1) is 16.2. The highest BCUT2D eigenvalue weighted by Crippen LogP contribution is 2.21. The van der Waals surface area contributed by atoms with Gasteiger partial charge in [-0.3, -0.25) is 9.67 Å². The molecule has 1 N–H and O–H groups in total. The second kappa shape index (κ2) is 7.71. The van der Waals surface area contributed by atoms with Crippen molar-refractivity contribution in [3.05, 3.63) is 46.0 Å². The van der Waals surface area contributed by atoms with Gasteiger partial charge in [0, 0.05) is 23.9 Å². The zero-order valence-electron chi connectivity index (χ0n) is 12.9. The molecule has 2 rings (SSSR count). The predicted octanol–water partition coefficient (Wildman–Crippen LogP) is 3.42. The van der Waals surface area contributed by atoms with Crippen molar-refractivity contribution in [2.24, 2.45) is 7.05 Å². The number of nitrogens with zero attached hydrogens (tertiary/aromatic N) is 3. The van der Waals surface area contributed by atoms with E-state index in [-0.39, 0.29) is 6.04 Å². The molecule has 2 aromatic heterocycles. The van der Waals surface area contributed by atoms with Crippen molar-refractivity contribution in [2.75, 3.05) is 6.54 Å². The Kier molecular flexibility index (Phi) is 5.94. The molecular weight excluding hydrogens is 328 g/mol. The summed E-state index contributed by atoms with van der Waals surface area (Å²) in [6.07, 6.45) is 6.74. The van der Waals surface area contributed by atoms with Gasteiger partial charge in [0.05, 0.1) is 17.4 Å². The molecule has 0 saturated carbocycles. The molecule has 0 aliphatic carbocycles. The first-order chi connectivity index (χ1) is 10.1. The quantitative estimate of drug-likeness (QED) is 0.831. The number of nitrogens with one attached hydrogen (secondary N) is 1. The lowest BCUT2D eigenvalue weighted by Crippen LogP contribution is -2.26. The molecule has 4 nitrogen and oxygen atoms in total. The van der Waals surface area contributed by atoms with Crippen LogP contribution in [0.15, 0.2) is 29.0 Å². The number of aromatic nitrogens is 3. The lowest BCUT2D eigenvalue weighted by molar-refractivity contribution is 0.492. The van der Waals surface area contributed by atoms with Crippen LogP contribution in [-0.2, 0) is 19.9 Å². The van der Waals surface area contributed by atoms with E-state index in [9.17, 15) is 0 Å². The van der Waals surface area contributed by atoms with Crippen LogP contribution in [0.25, 0.3) is 0 Å². The topological polar surface area (TPSA) is 42.7 Å². The van der Waals surface area contributed by atoms with Crippen LogP contribution < -0.4 is 5.32 Å². The van der Waals surface area contributed by atoms with E-state index in [2.05, 4.69) is 57.3 Å². The first-order valence-electron chi connectivity index (χ1n) is 7.49. The van der Waals surface area contributed by atoms with Crippen LogP contribution in [0, 0.1) is 0 Å². The van der Waals surface area contributed by atoms with Gasteiger partial charge in [-0.15, -0.1) is 0 Å². The molecule has 0 fully saturated rings. The summed E-state index contributed by atoms with van der Waals surface area (Å²) >= 11 is 3.49. The molecule has 21 heavy (non-hydrogen) atoms. The SMILES string of the molecule is CCCNC(Cc1cncc(Br)c1)c1cc(CC)nn1C. The molecule has 0 radical (unpaired) electrons. The Labute approximate surface area is 135 Å². The third-order valence-corrected chi connectivity index (χ3v) is 3.96. The smallest absolute Gasteiger partial charge is 0.0625 e. The summed E-state index contributed by atoms with van der Waals surface area (Å²) < 4.78 is 3.02. The van der Waals surface area contributed by atoms with E-state index >= 15 is 0 Å². The van der Waals surface area contributed by atoms with E-state index < -0.39 is 0 Å². The third-order valence-electron chi connectivity index (χ3n) is 3.53. The summed E-state index contributed by atoms with van der Waals surface area (Å²) in [5, 5.41) is 8.20. The van der Waals surface area contributed by atoms with Crippen molar-refractivity contribution in [2.45, 2.75) is 39.2 Å². The average molecular weight is 351 g/mol. The maximum atomic E-state index is 4.57. The number of hydrogen-bond donors (Lipinski definition) is 1. The number of hydrogen-bond acceptors (Lipinski definition) is 3. The Morgan fingerprint density at radius 2 is 2.10 bits per heavy atom. The van der Waals surface area contributed by atoms with Gasteiger partial charge in [-0.25, -0.2) is 0 Å². The Hall–Kier alpha value is -1.20. The van der Waals surface area contributed by atoms with Crippen LogP contribution >= 0.6 is 15.9 Å². The van der Waals surface area contributed by atoms with Gasteiger partial charge in [-0.05, 0) is 59.4 Å². The molecule has 0 saturated heterocycles. The standard InChI is InChI=1S/C16H23BrN4/c1-4-6-19-15(8-12-7-13(17)11-18-10-12)16-9-14(5-2)20-21(16)3/h7,9-11,15,19H,4-6,8H2,1-3H3. The van der Waals surface area contributed by atoms with Crippen LogP contribution in [0.3, 0.4) is 0 Å². The minimum atomic E-state index is 0.263. The molecule has 114 valence electrons. The Bertz CT molecular complexity index is 579. The first-order valence-corrected chi connectivity index (χ1v) is 8.29. The van der Waals surface area contributed by atoms with Gasteiger partial charge in [0.2, 0.25) is 0 Å². The molecule has 0 aromatic carbocycles. The molecule has 0 aliphatic heterocycles. The summed E-state index contributed by atoms with van der Waals surface area (Å²) in [7, 11) is 2.02. The fourth-order valence-corrected chi connectivity index (χ4v) is 2.86. The molecule has 5 heteroatoms. The molecule has 1 atom stereocenters. The average Bonchev–Trinajstić information content (AvgIpc) is 2.85. The summed E-state index contributed by atoms with van der Waals surface area (Å²) in [5.41, 5.74) is 3.60. The minimum absolute atomic E-state index is 0.263. The lowest BCUT2D eigenvalue weighted by Gasteiger charge is -2.19. The fraction of sp³-hybridized carbons (Fsp3) is 0.500. The summed E-state index contributed by atoms with van der Waals surface area (Å²) in [5.74, 6) is 0. The second-order valence-electron chi connectivity index (χ2n) is 5.26. The maximum Gasteiger partial charge on any atom is 0.0625 e. The molecule has 0 aliphatic rings. The van der Waals surface area contributed by atoms with E-state index in [0.717, 1.165) is 36.0 Å². The van der Waals surface area contributed by atoms with E-state index in [4.69, 9.17) is 0 Å². The lowest BCUT2D eigenvalue weighted by atomic mass is 10.0. The van der Waals surface area contributed by atoms with Crippen LogP contribution in [0.2, 0.25) is 0 Å². The zero-order chi connectivity index (χ0) is 15.2. The molecule has 2 aromatic rings. The molecular formula is C16H23BrN4. The van der Waals surface area contributed by atoms with Gasteiger partial charge in [-0.1, -0.05) is 13.8 Å². The number of aryl methyl sites for hydroxylation is 2. The summed E-state index contributed by atoms with van der Waals surface area (Å²) in [6.45, 7) is 5.32. The van der Waals surface area contributed by atoms with Gasteiger partial charge >= 0.3 is 0 Å². The Balaban J connectivity index is 2.22. The minimum Gasteiger partial charge on any atom is -0.308 e. The third kappa shape index (κ3) is 4.38. The monoisotopic (exact) mass is 350 g/mol. The number of halogens is 1. The van der Waals surface area contributed by atoms with Crippen molar-refractivity contribution < 1.29 is 0 Å². The number of pyridine rings is 1. The highest BCUT2D eigenvalue weighted by atomic mass is 79.9.